The maximum Gasteiger partial charge on any atom is 0.0681 e. The van der Waals surface area contributed by atoms with Crippen molar-refractivity contribution in [1.82, 2.24) is 0 Å². The van der Waals surface area contributed by atoms with Gasteiger partial charge in [-0.3, -0.25) is 0 Å². The summed E-state index contributed by atoms with van der Waals surface area (Å²) in [5.41, 5.74) is 3.16. The number of aliphatic hydroxyl groups excluding tert-OH is 1. The van der Waals surface area contributed by atoms with Gasteiger partial charge in [-0.2, -0.15) is 0 Å². The van der Waals surface area contributed by atoms with Gasteiger partial charge in [-0.1, -0.05) is 40.2 Å². The van der Waals surface area contributed by atoms with Crippen molar-refractivity contribution in [2.45, 2.75) is 13.2 Å². The minimum atomic E-state index is 0.0882. The Morgan fingerprint density at radius 3 is 2.28 bits per heavy atom. The van der Waals surface area contributed by atoms with Crippen molar-refractivity contribution >= 4 is 37.5 Å². The summed E-state index contributed by atoms with van der Waals surface area (Å²) >= 11 is 6.96. The second-order valence-electron chi connectivity index (χ2n) is 3.95. The SMILES string of the molecule is OCc1ccc(CNc2cc(Br)ccc2Br)cc1. The highest BCUT2D eigenvalue weighted by molar-refractivity contribution is 9.11. The van der Waals surface area contributed by atoms with Gasteiger partial charge in [0, 0.05) is 21.2 Å². The van der Waals surface area contributed by atoms with Crippen LogP contribution in [0.2, 0.25) is 0 Å². The van der Waals surface area contributed by atoms with Gasteiger partial charge in [0.2, 0.25) is 0 Å². The molecule has 2 N–H and O–H groups in total. The van der Waals surface area contributed by atoms with E-state index in [4.69, 9.17) is 5.11 Å². The molecule has 94 valence electrons. The van der Waals surface area contributed by atoms with Crippen molar-refractivity contribution < 1.29 is 5.11 Å². The van der Waals surface area contributed by atoms with Gasteiger partial charge < -0.3 is 10.4 Å². The van der Waals surface area contributed by atoms with E-state index in [1.165, 1.54) is 5.56 Å². The molecule has 0 spiro atoms. The van der Waals surface area contributed by atoms with E-state index >= 15 is 0 Å². The van der Waals surface area contributed by atoms with Crippen molar-refractivity contribution in [3.05, 3.63) is 62.5 Å². The topological polar surface area (TPSA) is 32.3 Å². The molecule has 0 fully saturated rings. The van der Waals surface area contributed by atoms with Crippen molar-refractivity contribution in [1.29, 1.82) is 0 Å². The molecule has 0 aromatic heterocycles. The fraction of sp³-hybridized carbons (Fsp3) is 0.143. The molecule has 4 heteroatoms. The Morgan fingerprint density at radius 2 is 1.61 bits per heavy atom. The highest BCUT2D eigenvalue weighted by atomic mass is 79.9. The van der Waals surface area contributed by atoms with Gasteiger partial charge in [0.15, 0.2) is 0 Å². The van der Waals surface area contributed by atoms with Crippen LogP contribution in [0.5, 0.6) is 0 Å². The molecule has 0 saturated carbocycles. The van der Waals surface area contributed by atoms with Gasteiger partial charge in [0.1, 0.15) is 0 Å². The molecule has 0 aliphatic carbocycles. The Kier molecular flexibility index (Phi) is 4.80. The lowest BCUT2D eigenvalue weighted by molar-refractivity contribution is 0.282. The van der Waals surface area contributed by atoms with Crippen LogP contribution in [0.1, 0.15) is 11.1 Å². The van der Waals surface area contributed by atoms with E-state index in [0.29, 0.717) is 0 Å². The van der Waals surface area contributed by atoms with Crippen LogP contribution < -0.4 is 5.32 Å². The zero-order valence-electron chi connectivity index (χ0n) is 9.66. The summed E-state index contributed by atoms with van der Waals surface area (Å²) in [6, 6.07) is 13.9. The van der Waals surface area contributed by atoms with Gasteiger partial charge in [-0.15, -0.1) is 0 Å². The first-order valence-corrected chi connectivity index (χ1v) is 7.15. The summed E-state index contributed by atoms with van der Waals surface area (Å²) < 4.78 is 2.08. The molecule has 0 aliphatic heterocycles. The zero-order chi connectivity index (χ0) is 13.0. The molecule has 0 saturated heterocycles. The monoisotopic (exact) mass is 369 g/mol. The zero-order valence-corrected chi connectivity index (χ0v) is 12.8. The highest BCUT2D eigenvalue weighted by Crippen LogP contribution is 2.26. The Bertz CT molecular complexity index is 526. The third-order valence-electron chi connectivity index (χ3n) is 2.62. The maximum absolute atomic E-state index is 8.98. The second kappa shape index (κ2) is 6.36. The van der Waals surface area contributed by atoms with Crippen LogP contribution in [-0.4, -0.2) is 5.11 Å². The molecular formula is C14H13Br2NO. The average molecular weight is 371 g/mol. The van der Waals surface area contributed by atoms with E-state index < -0.39 is 0 Å². The highest BCUT2D eigenvalue weighted by Gasteiger charge is 2.00. The second-order valence-corrected chi connectivity index (χ2v) is 5.72. The standard InChI is InChI=1S/C14H13Br2NO/c15-12-5-6-13(16)14(7-12)17-8-10-1-3-11(9-18)4-2-10/h1-7,17-18H,8-9H2. The lowest BCUT2D eigenvalue weighted by atomic mass is 10.1. The molecule has 18 heavy (non-hydrogen) atoms. The van der Waals surface area contributed by atoms with E-state index in [2.05, 4.69) is 37.2 Å². The number of anilines is 1. The fourth-order valence-electron chi connectivity index (χ4n) is 1.59. The van der Waals surface area contributed by atoms with Crippen molar-refractivity contribution in [2.75, 3.05) is 5.32 Å². The summed E-state index contributed by atoms with van der Waals surface area (Å²) in [7, 11) is 0. The normalized spacial score (nSPS) is 10.4. The Labute approximate surface area is 123 Å². The molecule has 0 heterocycles. The summed E-state index contributed by atoms with van der Waals surface area (Å²) in [5.74, 6) is 0. The van der Waals surface area contributed by atoms with Gasteiger partial charge in [-0.05, 0) is 45.3 Å². The lowest BCUT2D eigenvalue weighted by Crippen LogP contribution is -2.00. The summed E-state index contributed by atoms with van der Waals surface area (Å²) in [6.07, 6.45) is 0. The minimum Gasteiger partial charge on any atom is -0.392 e. The van der Waals surface area contributed by atoms with Gasteiger partial charge in [0.05, 0.1) is 6.61 Å². The van der Waals surface area contributed by atoms with E-state index in [1.807, 2.05) is 42.5 Å². The van der Waals surface area contributed by atoms with Crippen molar-refractivity contribution in [2.24, 2.45) is 0 Å². The van der Waals surface area contributed by atoms with Crippen molar-refractivity contribution in [3.63, 3.8) is 0 Å². The first-order chi connectivity index (χ1) is 8.69. The molecule has 2 nitrogen and oxygen atoms in total. The van der Waals surface area contributed by atoms with Crippen LogP contribution in [0.15, 0.2) is 51.4 Å². The van der Waals surface area contributed by atoms with Crippen LogP contribution in [-0.2, 0) is 13.2 Å². The Hall–Kier alpha value is -0.840. The van der Waals surface area contributed by atoms with E-state index in [-0.39, 0.29) is 6.61 Å². The van der Waals surface area contributed by atoms with Gasteiger partial charge in [-0.25, -0.2) is 0 Å². The number of hydrogen-bond acceptors (Lipinski definition) is 2. The molecule has 2 aromatic rings. The van der Waals surface area contributed by atoms with Gasteiger partial charge >= 0.3 is 0 Å². The number of hydrogen-bond donors (Lipinski definition) is 2. The molecule has 2 aromatic carbocycles. The largest absolute Gasteiger partial charge is 0.392 e. The van der Waals surface area contributed by atoms with Crippen LogP contribution in [0, 0.1) is 0 Å². The Morgan fingerprint density at radius 1 is 0.944 bits per heavy atom. The summed E-state index contributed by atoms with van der Waals surface area (Å²) in [6.45, 7) is 0.839. The van der Waals surface area contributed by atoms with Crippen molar-refractivity contribution in [3.8, 4) is 0 Å². The van der Waals surface area contributed by atoms with Crippen LogP contribution in [0.4, 0.5) is 5.69 Å². The number of benzene rings is 2. The maximum atomic E-state index is 8.98. The Balaban J connectivity index is 2.04. The summed E-state index contributed by atoms with van der Waals surface area (Å²) in [4.78, 5) is 0. The van der Waals surface area contributed by atoms with E-state index in [1.54, 1.807) is 0 Å². The number of nitrogens with one attached hydrogen (secondary N) is 1. The fourth-order valence-corrected chi connectivity index (χ4v) is 2.34. The first kappa shape index (κ1) is 13.6. The third-order valence-corrected chi connectivity index (χ3v) is 3.80. The molecule has 0 amide bonds. The molecule has 0 atom stereocenters. The molecule has 0 bridgehead atoms. The van der Waals surface area contributed by atoms with Crippen LogP contribution in [0.25, 0.3) is 0 Å². The predicted molar refractivity (Wildman–Crippen MR) is 81.5 cm³/mol. The summed E-state index contributed by atoms with van der Waals surface area (Å²) in [5, 5.41) is 12.3. The number of rotatable bonds is 4. The molecular weight excluding hydrogens is 358 g/mol. The van der Waals surface area contributed by atoms with Crippen LogP contribution in [0.3, 0.4) is 0 Å². The van der Waals surface area contributed by atoms with E-state index in [0.717, 1.165) is 26.7 Å². The average Bonchev–Trinajstić information content (AvgIpc) is 2.40. The molecule has 0 aliphatic rings. The predicted octanol–water partition coefficient (Wildman–Crippen LogP) is 4.32. The molecule has 0 unspecified atom stereocenters. The number of aliphatic hydroxyl groups is 1. The minimum absolute atomic E-state index is 0.0882. The first-order valence-electron chi connectivity index (χ1n) is 5.56. The molecule has 2 rings (SSSR count). The third kappa shape index (κ3) is 3.57. The molecule has 0 radical (unpaired) electrons. The van der Waals surface area contributed by atoms with Crippen LogP contribution >= 0.6 is 31.9 Å². The number of halogens is 2. The lowest BCUT2D eigenvalue weighted by Gasteiger charge is -2.09. The quantitative estimate of drug-likeness (QED) is 0.840. The van der Waals surface area contributed by atoms with Gasteiger partial charge in [0.25, 0.3) is 0 Å². The van der Waals surface area contributed by atoms with E-state index in [9.17, 15) is 0 Å². The smallest absolute Gasteiger partial charge is 0.0681 e.